The molecule has 7 heteroatoms. The normalized spacial score (nSPS) is 12.1. The molecular formula is C17H21IO5S. The minimum absolute atomic E-state index is 0.0104. The number of aliphatic hydroxyl groups is 1. The van der Waals surface area contributed by atoms with Gasteiger partial charge in [-0.3, -0.25) is 0 Å². The van der Waals surface area contributed by atoms with Crippen LogP contribution >= 0.6 is 30.4 Å². The van der Waals surface area contributed by atoms with E-state index in [1.807, 2.05) is 35.1 Å². The lowest BCUT2D eigenvalue weighted by molar-refractivity contribution is 0.0597. The third kappa shape index (κ3) is 5.84. The van der Waals surface area contributed by atoms with E-state index in [4.69, 9.17) is 13.7 Å². The molecule has 0 aliphatic rings. The first-order valence-corrected chi connectivity index (χ1v) is 10.5. The van der Waals surface area contributed by atoms with Crippen LogP contribution < -0.4 is 4.74 Å². The van der Waals surface area contributed by atoms with Crippen molar-refractivity contribution in [2.75, 3.05) is 27.4 Å². The Labute approximate surface area is 159 Å². The number of ether oxygens (including phenoxy) is 2. The van der Waals surface area contributed by atoms with E-state index in [-0.39, 0.29) is 12.5 Å². The summed E-state index contributed by atoms with van der Waals surface area (Å²) in [6, 6.07) is 5.06. The maximum atomic E-state index is 11.7. The van der Waals surface area contributed by atoms with Crippen LogP contribution in [-0.2, 0) is 8.92 Å². The standard InChI is InChI=1S/C17H21IO5S/c1-17(2,13(10-19)11-23-24-18)8-7-12-5-6-14(16(20)22-4)15(9-12)21-3/h5-6,9,13,19H,10-11H2,1-4H3. The van der Waals surface area contributed by atoms with Gasteiger partial charge in [-0.25, -0.2) is 4.79 Å². The lowest BCUT2D eigenvalue weighted by atomic mass is 9.80. The molecule has 0 heterocycles. The molecule has 0 bridgehead atoms. The van der Waals surface area contributed by atoms with E-state index in [1.54, 1.807) is 18.2 Å². The van der Waals surface area contributed by atoms with Crippen molar-refractivity contribution in [1.82, 2.24) is 0 Å². The van der Waals surface area contributed by atoms with Gasteiger partial charge in [-0.05, 0) is 32.0 Å². The van der Waals surface area contributed by atoms with E-state index in [1.165, 1.54) is 23.4 Å². The average molecular weight is 464 g/mol. The molecule has 5 nitrogen and oxygen atoms in total. The summed E-state index contributed by atoms with van der Waals surface area (Å²) in [4.78, 5) is 11.7. The zero-order valence-electron chi connectivity index (χ0n) is 14.1. The number of carbonyl (C=O) groups is 1. The lowest BCUT2D eigenvalue weighted by Gasteiger charge is -2.27. The van der Waals surface area contributed by atoms with Gasteiger partial charge >= 0.3 is 5.97 Å². The van der Waals surface area contributed by atoms with E-state index in [0.717, 1.165) is 0 Å². The minimum Gasteiger partial charge on any atom is -0.496 e. The minimum atomic E-state index is -0.458. The Morgan fingerprint density at radius 3 is 2.67 bits per heavy atom. The van der Waals surface area contributed by atoms with Crippen LogP contribution in [0.25, 0.3) is 0 Å². The molecule has 1 atom stereocenters. The van der Waals surface area contributed by atoms with Crippen molar-refractivity contribution in [2.24, 2.45) is 11.3 Å². The number of carbonyl (C=O) groups excluding carboxylic acids is 1. The van der Waals surface area contributed by atoms with Crippen molar-refractivity contribution in [2.45, 2.75) is 13.8 Å². The van der Waals surface area contributed by atoms with E-state index in [2.05, 4.69) is 11.8 Å². The highest BCUT2D eigenvalue weighted by molar-refractivity contribution is 14.2. The second-order valence-electron chi connectivity index (χ2n) is 5.61. The maximum absolute atomic E-state index is 11.7. The summed E-state index contributed by atoms with van der Waals surface area (Å²) >= 11 is 2.04. The monoisotopic (exact) mass is 464 g/mol. The Bertz CT molecular complexity index is 621. The smallest absolute Gasteiger partial charge is 0.341 e. The van der Waals surface area contributed by atoms with Crippen LogP contribution in [-0.4, -0.2) is 38.5 Å². The predicted molar refractivity (Wildman–Crippen MR) is 103 cm³/mol. The Hall–Kier alpha value is -0.950. The summed E-state index contributed by atoms with van der Waals surface area (Å²) in [5, 5.41) is 9.56. The molecule has 0 aliphatic carbocycles. The van der Waals surface area contributed by atoms with Crippen LogP contribution in [0.5, 0.6) is 5.75 Å². The topological polar surface area (TPSA) is 65.0 Å². The van der Waals surface area contributed by atoms with E-state index < -0.39 is 11.4 Å². The number of aliphatic hydroxyl groups excluding tert-OH is 1. The molecule has 0 saturated carbocycles. The molecule has 1 N–H and O–H groups in total. The third-order valence-electron chi connectivity index (χ3n) is 3.69. The van der Waals surface area contributed by atoms with E-state index in [9.17, 15) is 9.90 Å². The van der Waals surface area contributed by atoms with Crippen LogP contribution in [0, 0.1) is 23.2 Å². The number of methoxy groups -OCH3 is 2. The molecule has 132 valence electrons. The largest absolute Gasteiger partial charge is 0.496 e. The summed E-state index contributed by atoms with van der Waals surface area (Å²) in [5.74, 6) is 6.10. The van der Waals surface area contributed by atoms with Gasteiger partial charge in [0.05, 0.1) is 30.0 Å². The zero-order valence-corrected chi connectivity index (χ0v) is 17.1. The Kier molecular flexibility index (Phi) is 8.91. The van der Waals surface area contributed by atoms with Crippen LogP contribution in [0.1, 0.15) is 29.8 Å². The molecule has 0 saturated heterocycles. The first kappa shape index (κ1) is 21.1. The molecule has 1 aromatic rings. The fourth-order valence-electron chi connectivity index (χ4n) is 1.98. The Morgan fingerprint density at radius 2 is 2.12 bits per heavy atom. The Balaban J connectivity index is 3.04. The number of esters is 1. The second kappa shape index (κ2) is 10.1. The Morgan fingerprint density at radius 1 is 1.42 bits per heavy atom. The van der Waals surface area contributed by atoms with Crippen LogP contribution in [0.4, 0.5) is 0 Å². The van der Waals surface area contributed by atoms with Crippen molar-refractivity contribution in [3.05, 3.63) is 29.3 Å². The van der Waals surface area contributed by atoms with Crippen LogP contribution in [0.3, 0.4) is 0 Å². The van der Waals surface area contributed by atoms with Gasteiger partial charge in [-0.2, -0.15) is 0 Å². The van der Waals surface area contributed by atoms with Gasteiger partial charge in [0.2, 0.25) is 0 Å². The summed E-state index contributed by atoms with van der Waals surface area (Å²) in [7, 11) is 4.05. The summed E-state index contributed by atoms with van der Waals surface area (Å²) in [6.07, 6.45) is 0. The third-order valence-corrected chi connectivity index (χ3v) is 4.68. The van der Waals surface area contributed by atoms with Gasteiger partial charge < -0.3 is 18.8 Å². The number of rotatable bonds is 7. The van der Waals surface area contributed by atoms with Crippen LogP contribution in [0.2, 0.25) is 0 Å². The van der Waals surface area contributed by atoms with Gasteiger partial charge in [-0.1, -0.05) is 11.8 Å². The molecule has 0 fully saturated rings. The van der Waals surface area contributed by atoms with Crippen molar-refractivity contribution >= 4 is 36.4 Å². The molecule has 0 radical (unpaired) electrons. The van der Waals surface area contributed by atoms with Gasteiger partial charge in [0.15, 0.2) is 0 Å². The highest BCUT2D eigenvalue weighted by Gasteiger charge is 2.27. The second-order valence-corrected chi connectivity index (χ2v) is 7.05. The molecule has 0 aromatic heterocycles. The first-order chi connectivity index (χ1) is 11.4. The first-order valence-electron chi connectivity index (χ1n) is 7.20. The fourth-order valence-corrected chi connectivity index (χ4v) is 2.64. The molecule has 0 amide bonds. The number of benzene rings is 1. The molecular weight excluding hydrogens is 443 g/mol. The molecule has 0 aliphatic heterocycles. The van der Waals surface area contributed by atoms with E-state index in [0.29, 0.717) is 23.5 Å². The maximum Gasteiger partial charge on any atom is 0.341 e. The van der Waals surface area contributed by atoms with Crippen molar-refractivity contribution in [3.8, 4) is 17.6 Å². The highest BCUT2D eigenvalue weighted by Crippen LogP contribution is 2.28. The highest BCUT2D eigenvalue weighted by atomic mass is 127. The van der Waals surface area contributed by atoms with Crippen molar-refractivity contribution < 1.29 is 23.6 Å². The summed E-state index contributed by atoms with van der Waals surface area (Å²) in [6.45, 7) is 4.32. The van der Waals surface area contributed by atoms with E-state index >= 15 is 0 Å². The van der Waals surface area contributed by atoms with Crippen LogP contribution in [0.15, 0.2) is 18.2 Å². The molecule has 1 rings (SSSR count). The average Bonchev–Trinajstić information content (AvgIpc) is 2.59. The molecule has 24 heavy (non-hydrogen) atoms. The van der Waals surface area contributed by atoms with Crippen molar-refractivity contribution in [1.29, 1.82) is 0 Å². The summed E-state index contributed by atoms with van der Waals surface area (Å²) < 4.78 is 15.3. The fraction of sp³-hybridized carbons (Fsp3) is 0.471. The quantitative estimate of drug-likeness (QED) is 0.289. The van der Waals surface area contributed by atoms with Gasteiger partial charge in [-0.15, -0.1) is 0 Å². The lowest BCUT2D eigenvalue weighted by Crippen LogP contribution is -2.29. The molecule has 0 spiro atoms. The van der Waals surface area contributed by atoms with Gasteiger partial charge in [0.25, 0.3) is 0 Å². The number of halogens is 1. The predicted octanol–water partition coefficient (Wildman–Crippen LogP) is 3.48. The van der Waals surface area contributed by atoms with Gasteiger partial charge in [0, 0.05) is 44.7 Å². The number of hydrogen-bond donors (Lipinski definition) is 1. The summed E-state index contributed by atoms with van der Waals surface area (Å²) in [5.41, 5.74) is 0.633. The molecule has 1 unspecified atom stereocenters. The zero-order chi connectivity index (χ0) is 18.2. The van der Waals surface area contributed by atoms with Gasteiger partial charge in [0.1, 0.15) is 11.3 Å². The van der Waals surface area contributed by atoms with Crippen molar-refractivity contribution in [3.63, 3.8) is 0 Å². The molecule has 1 aromatic carbocycles. The SMILES string of the molecule is COC(=O)c1ccc(C#CC(C)(C)C(CO)COSI)cc1OC. The number of hydrogen-bond acceptors (Lipinski definition) is 6.